The van der Waals surface area contributed by atoms with Gasteiger partial charge in [0.1, 0.15) is 6.04 Å². The van der Waals surface area contributed by atoms with Gasteiger partial charge in [0.15, 0.2) is 0 Å². The Balaban J connectivity index is 2.13. The molecule has 0 aliphatic rings. The van der Waals surface area contributed by atoms with Crippen molar-refractivity contribution < 1.29 is 18.0 Å². The Morgan fingerprint density at radius 2 is 1.63 bits per heavy atom. The van der Waals surface area contributed by atoms with Crippen LogP contribution in [0.15, 0.2) is 54.6 Å². The van der Waals surface area contributed by atoms with Crippen molar-refractivity contribution in [3.63, 3.8) is 0 Å². The molecular weight excluding hydrogens is 426 g/mol. The van der Waals surface area contributed by atoms with Crippen LogP contribution in [0.1, 0.15) is 18.1 Å². The molecule has 0 saturated carbocycles. The topological polar surface area (TPSA) is 86.8 Å². The normalized spacial score (nSPS) is 12.4. The highest BCUT2D eigenvalue weighted by molar-refractivity contribution is 7.88. The Morgan fingerprint density at radius 3 is 2.20 bits per heavy atom. The molecule has 30 heavy (non-hydrogen) atoms. The van der Waals surface area contributed by atoms with Gasteiger partial charge >= 0.3 is 0 Å². The first-order valence-electron chi connectivity index (χ1n) is 9.35. The maximum Gasteiger partial charge on any atom is 0.242 e. The van der Waals surface area contributed by atoms with Crippen molar-refractivity contribution in [2.45, 2.75) is 26.1 Å². The first-order chi connectivity index (χ1) is 14.1. The molecule has 9 heteroatoms. The molecule has 7 nitrogen and oxygen atoms in total. The lowest BCUT2D eigenvalue weighted by atomic mass is 10.1. The third-order valence-electron chi connectivity index (χ3n) is 4.67. The highest BCUT2D eigenvalue weighted by Gasteiger charge is 2.28. The number of likely N-dealkylation sites (N-methyl/N-ethyl adjacent to an activating group) is 1. The number of sulfonamides is 1. The molecule has 0 fully saturated rings. The first-order valence-corrected chi connectivity index (χ1v) is 11.6. The lowest BCUT2D eigenvalue weighted by molar-refractivity contribution is -0.140. The maximum atomic E-state index is 12.9. The molecule has 0 saturated heterocycles. The van der Waals surface area contributed by atoms with Crippen LogP contribution in [0.4, 0.5) is 0 Å². The summed E-state index contributed by atoms with van der Waals surface area (Å²) in [4.78, 5) is 27.0. The molecule has 162 valence electrons. The van der Waals surface area contributed by atoms with Crippen LogP contribution < -0.4 is 5.32 Å². The van der Waals surface area contributed by atoms with E-state index in [2.05, 4.69) is 5.32 Å². The highest BCUT2D eigenvalue weighted by atomic mass is 35.5. The summed E-state index contributed by atoms with van der Waals surface area (Å²) < 4.78 is 24.4. The van der Waals surface area contributed by atoms with Gasteiger partial charge in [-0.2, -0.15) is 4.31 Å². The third-order valence-corrected chi connectivity index (χ3v) is 6.18. The van der Waals surface area contributed by atoms with Crippen molar-refractivity contribution in [3.8, 4) is 0 Å². The van der Waals surface area contributed by atoms with Crippen LogP contribution in [0.25, 0.3) is 0 Å². The van der Waals surface area contributed by atoms with Crippen LogP contribution in [0.5, 0.6) is 0 Å². The zero-order valence-electron chi connectivity index (χ0n) is 17.2. The molecule has 0 spiro atoms. The SMILES string of the molecule is C[C@@H](C(=O)NCc1ccc(Cl)cc1)N(Cc1ccccc1)C(=O)CN(C)S(C)(=O)=O. The van der Waals surface area contributed by atoms with Crippen molar-refractivity contribution in [2.24, 2.45) is 0 Å². The number of amides is 2. The maximum absolute atomic E-state index is 12.9. The molecule has 2 rings (SSSR count). The number of hydrogen-bond acceptors (Lipinski definition) is 4. The fourth-order valence-electron chi connectivity index (χ4n) is 2.70. The Hall–Kier alpha value is -2.42. The van der Waals surface area contributed by atoms with Gasteiger partial charge in [0.2, 0.25) is 21.8 Å². The van der Waals surface area contributed by atoms with Crippen LogP contribution in [-0.2, 0) is 32.7 Å². The summed E-state index contributed by atoms with van der Waals surface area (Å²) in [7, 11) is -2.19. The van der Waals surface area contributed by atoms with E-state index in [1.807, 2.05) is 30.3 Å². The zero-order valence-corrected chi connectivity index (χ0v) is 18.8. The average Bonchev–Trinajstić information content (AvgIpc) is 2.70. The summed E-state index contributed by atoms with van der Waals surface area (Å²) in [6.07, 6.45) is 1.03. The predicted octanol–water partition coefficient (Wildman–Crippen LogP) is 2.26. The monoisotopic (exact) mass is 451 g/mol. The summed E-state index contributed by atoms with van der Waals surface area (Å²) in [5, 5.41) is 3.42. The number of rotatable bonds is 9. The molecule has 1 atom stereocenters. The number of hydrogen-bond donors (Lipinski definition) is 1. The lowest BCUT2D eigenvalue weighted by Gasteiger charge is -2.30. The molecule has 2 aromatic rings. The summed E-state index contributed by atoms with van der Waals surface area (Å²) in [5.74, 6) is -0.794. The van der Waals surface area contributed by atoms with Gasteiger partial charge in [0, 0.05) is 25.2 Å². The van der Waals surface area contributed by atoms with Gasteiger partial charge in [-0.25, -0.2) is 8.42 Å². The van der Waals surface area contributed by atoms with Crippen molar-refractivity contribution >= 4 is 33.4 Å². The van der Waals surface area contributed by atoms with Crippen molar-refractivity contribution in [3.05, 3.63) is 70.7 Å². The first kappa shape index (κ1) is 23.9. The fourth-order valence-corrected chi connectivity index (χ4v) is 3.17. The summed E-state index contributed by atoms with van der Waals surface area (Å²) in [5.41, 5.74) is 1.71. The van der Waals surface area contributed by atoms with Gasteiger partial charge in [-0.15, -0.1) is 0 Å². The third kappa shape index (κ3) is 7.12. The molecular formula is C21H26ClN3O4S. The molecule has 0 aromatic heterocycles. The Labute approximate surface area is 182 Å². The van der Waals surface area contributed by atoms with E-state index in [-0.39, 0.29) is 25.5 Å². The van der Waals surface area contributed by atoms with E-state index in [0.29, 0.717) is 5.02 Å². The predicted molar refractivity (Wildman–Crippen MR) is 117 cm³/mol. The van der Waals surface area contributed by atoms with Gasteiger partial charge in [-0.05, 0) is 30.2 Å². The van der Waals surface area contributed by atoms with E-state index < -0.39 is 22.0 Å². The van der Waals surface area contributed by atoms with E-state index in [1.54, 1.807) is 31.2 Å². The minimum absolute atomic E-state index is 0.187. The number of carbonyl (C=O) groups excluding carboxylic acids is 2. The van der Waals surface area contributed by atoms with Crippen LogP contribution in [0.2, 0.25) is 5.02 Å². The van der Waals surface area contributed by atoms with Gasteiger partial charge in [-0.1, -0.05) is 54.1 Å². The van der Waals surface area contributed by atoms with E-state index >= 15 is 0 Å². The molecule has 0 aliphatic heterocycles. The Kier molecular flexibility index (Phi) is 8.40. The van der Waals surface area contributed by atoms with Gasteiger partial charge in [-0.3, -0.25) is 9.59 Å². The quantitative estimate of drug-likeness (QED) is 0.633. The minimum Gasteiger partial charge on any atom is -0.350 e. The second-order valence-corrected chi connectivity index (χ2v) is 9.57. The van der Waals surface area contributed by atoms with Crippen molar-refractivity contribution in [2.75, 3.05) is 19.8 Å². The van der Waals surface area contributed by atoms with Crippen LogP contribution in [0, 0.1) is 0 Å². The average molecular weight is 452 g/mol. The molecule has 2 aromatic carbocycles. The summed E-state index contributed by atoms with van der Waals surface area (Å²) in [6.45, 7) is 1.75. The molecule has 0 aliphatic carbocycles. The van der Waals surface area contributed by atoms with Gasteiger partial charge in [0.25, 0.3) is 0 Å². The number of benzene rings is 2. The Bertz CT molecular complexity index is 966. The second kappa shape index (κ2) is 10.6. The summed E-state index contributed by atoms with van der Waals surface area (Å²) >= 11 is 5.87. The lowest BCUT2D eigenvalue weighted by Crippen LogP contribution is -2.50. The van der Waals surface area contributed by atoms with E-state index in [9.17, 15) is 18.0 Å². The summed E-state index contributed by atoms with van der Waals surface area (Å²) in [6, 6.07) is 15.5. The zero-order chi connectivity index (χ0) is 22.3. The molecule has 0 heterocycles. The molecule has 1 N–H and O–H groups in total. The largest absolute Gasteiger partial charge is 0.350 e. The van der Waals surface area contributed by atoms with E-state index in [1.165, 1.54) is 11.9 Å². The van der Waals surface area contributed by atoms with E-state index in [0.717, 1.165) is 21.7 Å². The van der Waals surface area contributed by atoms with E-state index in [4.69, 9.17) is 11.6 Å². The highest BCUT2D eigenvalue weighted by Crippen LogP contribution is 2.12. The van der Waals surface area contributed by atoms with Crippen molar-refractivity contribution in [1.82, 2.24) is 14.5 Å². The molecule has 0 unspecified atom stereocenters. The smallest absolute Gasteiger partial charge is 0.242 e. The second-order valence-electron chi connectivity index (χ2n) is 7.05. The molecule has 2 amide bonds. The van der Waals surface area contributed by atoms with Crippen LogP contribution in [-0.4, -0.2) is 55.3 Å². The van der Waals surface area contributed by atoms with Gasteiger partial charge in [0.05, 0.1) is 12.8 Å². The Morgan fingerprint density at radius 1 is 1.03 bits per heavy atom. The number of halogens is 1. The molecule has 0 radical (unpaired) electrons. The molecule has 0 bridgehead atoms. The fraction of sp³-hybridized carbons (Fsp3) is 0.333. The minimum atomic E-state index is -3.53. The number of nitrogens with zero attached hydrogens (tertiary/aromatic N) is 2. The van der Waals surface area contributed by atoms with Crippen molar-refractivity contribution in [1.29, 1.82) is 0 Å². The van der Waals surface area contributed by atoms with Crippen LogP contribution in [0.3, 0.4) is 0 Å². The van der Waals surface area contributed by atoms with Crippen LogP contribution >= 0.6 is 11.6 Å². The standard InChI is InChI=1S/C21H26ClN3O4S/c1-16(21(27)23-13-17-9-11-19(22)12-10-17)25(14-18-7-5-4-6-8-18)20(26)15-24(2)30(3,28)29/h4-12,16H,13-15H2,1-3H3,(H,23,27)/t16-/m0/s1. The number of carbonyl (C=O) groups is 2. The number of nitrogens with one attached hydrogen (secondary N) is 1. The van der Waals surface area contributed by atoms with Gasteiger partial charge < -0.3 is 10.2 Å².